The summed E-state index contributed by atoms with van der Waals surface area (Å²) in [6.07, 6.45) is 3.89. The Morgan fingerprint density at radius 3 is 2.48 bits per heavy atom. The van der Waals surface area contributed by atoms with E-state index in [0.717, 1.165) is 29.8 Å². The molecule has 2 saturated heterocycles. The summed E-state index contributed by atoms with van der Waals surface area (Å²) in [5.41, 5.74) is 2.08. The topological polar surface area (TPSA) is 105 Å². The van der Waals surface area contributed by atoms with Crippen molar-refractivity contribution >= 4 is 21.8 Å². The third-order valence-corrected chi connectivity index (χ3v) is 8.96. The van der Waals surface area contributed by atoms with Gasteiger partial charge in [-0.15, -0.1) is 0 Å². The maximum atomic E-state index is 13.1. The van der Waals surface area contributed by atoms with E-state index in [-0.39, 0.29) is 36.2 Å². The van der Waals surface area contributed by atoms with Crippen LogP contribution in [0.2, 0.25) is 0 Å². The van der Waals surface area contributed by atoms with Gasteiger partial charge in [-0.05, 0) is 58.9 Å². The second-order valence-electron chi connectivity index (χ2n) is 9.73. The highest BCUT2D eigenvalue weighted by Gasteiger charge is 2.52. The molecule has 3 aliphatic rings. The van der Waals surface area contributed by atoms with E-state index in [1.54, 1.807) is 0 Å². The van der Waals surface area contributed by atoms with E-state index in [9.17, 15) is 18.0 Å². The molecule has 172 valence electrons. The largest absolute Gasteiger partial charge is 0.326 e. The van der Waals surface area contributed by atoms with Gasteiger partial charge in [0.05, 0.1) is 29.9 Å². The number of aromatic nitrogens is 2. The number of rotatable bonds is 5. The van der Waals surface area contributed by atoms with Crippen LogP contribution in [-0.2, 0) is 21.2 Å². The molecule has 0 radical (unpaired) electrons. The summed E-state index contributed by atoms with van der Waals surface area (Å²) >= 11 is 0. The van der Waals surface area contributed by atoms with Gasteiger partial charge in [-0.25, -0.2) is 18.1 Å². The second kappa shape index (κ2) is 7.88. The third kappa shape index (κ3) is 4.11. The molecule has 10 heteroatoms. The number of nitrogens with one attached hydrogen (secondary N) is 1. The molecular formula is C21H33N5O4S. The van der Waals surface area contributed by atoms with Crippen LogP contribution in [0.5, 0.6) is 0 Å². The molecule has 1 unspecified atom stereocenters. The average molecular weight is 452 g/mol. The van der Waals surface area contributed by atoms with Crippen molar-refractivity contribution in [3.63, 3.8) is 0 Å². The zero-order valence-electron chi connectivity index (χ0n) is 18.8. The van der Waals surface area contributed by atoms with Crippen molar-refractivity contribution in [2.45, 2.75) is 71.0 Å². The normalized spacial score (nSPS) is 30.5. The van der Waals surface area contributed by atoms with Gasteiger partial charge >= 0.3 is 6.03 Å². The van der Waals surface area contributed by atoms with Gasteiger partial charge in [-0.1, -0.05) is 6.92 Å². The molecular weight excluding hydrogens is 418 g/mol. The number of hydrogen-bond acceptors (Lipinski definition) is 6. The summed E-state index contributed by atoms with van der Waals surface area (Å²) < 4.78 is 25.6. The summed E-state index contributed by atoms with van der Waals surface area (Å²) in [5, 5.41) is 7.58. The molecule has 1 aliphatic carbocycles. The second-order valence-corrected chi connectivity index (χ2v) is 12.0. The molecule has 3 heterocycles. The first-order valence-electron chi connectivity index (χ1n) is 11.1. The van der Waals surface area contributed by atoms with Crippen molar-refractivity contribution in [3.8, 4) is 0 Å². The number of hydrogen-bond donors (Lipinski definition) is 1. The van der Waals surface area contributed by atoms with Crippen LogP contribution in [0.1, 0.15) is 62.0 Å². The van der Waals surface area contributed by atoms with Gasteiger partial charge in [0.1, 0.15) is 5.54 Å². The van der Waals surface area contributed by atoms with Gasteiger partial charge in [0.25, 0.3) is 5.91 Å². The summed E-state index contributed by atoms with van der Waals surface area (Å²) in [5.74, 6) is 0.812. The first kappa shape index (κ1) is 22.3. The standard InChI is InChI=1S/C21H33N5O4S/c1-14-5-8-21(9-6-14)19(27)25(20(28)22-21)13-24(4)11-18-15(2)23-26(16(18)3)17-7-10-31(29,30)12-17/h14,17H,5-13H2,1-4H3,(H,22,28). The van der Waals surface area contributed by atoms with Crippen LogP contribution in [-0.4, -0.2) is 70.7 Å². The smallest absolute Gasteiger partial charge is 0.323 e. The van der Waals surface area contributed by atoms with Crippen molar-refractivity contribution in [2.75, 3.05) is 25.2 Å². The molecule has 2 aliphatic heterocycles. The Balaban J connectivity index is 1.44. The number of amides is 3. The lowest BCUT2D eigenvalue weighted by molar-refractivity contribution is -0.134. The van der Waals surface area contributed by atoms with Crippen LogP contribution in [0.4, 0.5) is 4.79 Å². The van der Waals surface area contributed by atoms with E-state index >= 15 is 0 Å². The fourth-order valence-corrected chi connectivity index (χ4v) is 6.90. The highest BCUT2D eigenvalue weighted by Crippen LogP contribution is 2.36. The molecule has 1 aromatic rings. The van der Waals surface area contributed by atoms with Crippen molar-refractivity contribution in [1.82, 2.24) is 24.9 Å². The van der Waals surface area contributed by atoms with Gasteiger partial charge in [0, 0.05) is 17.8 Å². The fourth-order valence-electron chi connectivity index (χ4n) is 5.21. The zero-order valence-corrected chi connectivity index (χ0v) is 19.7. The van der Waals surface area contributed by atoms with Gasteiger partial charge in [0.2, 0.25) is 0 Å². The molecule has 3 fully saturated rings. The summed E-state index contributed by atoms with van der Waals surface area (Å²) in [7, 11) is -1.11. The number of imide groups is 1. The Labute approximate surface area is 184 Å². The lowest BCUT2D eigenvalue weighted by Crippen LogP contribution is -2.49. The molecule has 1 N–H and O–H groups in total. The molecule has 1 atom stereocenters. The van der Waals surface area contributed by atoms with E-state index < -0.39 is 15.4 Å². The minimum absolute atomic E-state index is 0.114. The number of aryl methyl sites for hydroxylation is 1. The Morgan fingerprint density at radius 2 is 1.87 bits per heavy atom. The van der Waals surface area contributed by atoms with Crippen molar-refractivity contribution in [2.24, 2.45) is 5.92 Å². The third-order valence-electron chi connectivity index (χ3n) is 7.21. The van der Waals surface area contributed by atoms with Crippen molar-refractivity contribution < 1.29 is 18.0 Å². The van der Waals surface area contributed by atoms with E-state index in [2.05, 4.69) is 17.3 Å². The Hall–Kier alpha value is -1.94. The van der Waals surface area contributed by atoms with Gasteiger partial charge in [-0.2, -0.15) is 5.10 Å². The van der Waals surface area contributed by atoms with E-state index in [1.807, 2.05) is 30.5 Å². The quantitative estimate of drug-likeness (QED) is 0.684. The highest BCUT2D eigenvalue weighted by molar-refractivity contribution is 7.91. The van der Waals surface area contributed by atoms with Gasteiger partial charge in [-0.3, -0.25) is 14.4 Å². The summed E-state index contributed by atoms with van der Waals surface area (Å²) in [4.78, 5) is 29.0. The van der Waals surface area contributed by atoms with Crippen LogP contribution >= 0.6 is 0 Å². The predicted molar refractivity (Wildman–Crippen MR) is 116 cm³/mol. The number of carbonyl (C=O) groups excluding carboxylic acids is 2. The Bertz CT molecular complexity index is 994. The highest BCUT2D eigenvalue weighted by atomic mass is 32.2. The molecule has 0 aromatic carbocycles. The van der Waals surface area contributed by atoms with Crippen LogP contribution in [0.3, 0.4) is 0 Å². The number of carbonyl (C=O) groups is 2. The molecule has 0 bridgehead atoms. The van der Waals surface area contributed by atoms with Gasteiger partial charge < -0.3 is 5.32 Å². The first-order valence-corrected chi connectivity index (χ1v) is 12.9. The lowest BCUT2D eigenvalue weighted by atomic mass is 9.77. The molecule has 3 amide bonds. The van der Waals surface area contributed by atoms with Gasteiger partial charge in [0.15, 0.2) is 9.84 Å². The maximum absolute atomic E-state index is 13.1. The Kier molecular flexibility index (Phi) is 5.66. The minimum atomic E-state index is -2.99. The zero-order chi connectivity index (χ0) is 22.6. The monoisotopic (exact) mass is 451 g/mol. The van der Waals surface area contributed by atoms with Crippen LogP contribution in [0, 0.1) is 19.8 Å². The van der Waals surface area contributed by atoms with Crippen LogP contribution in [0.15, 0.2) is 0 Å². The predicted octanol–water partition coefficient (Wildman–Crippen LogP) is 1.75. The molecule has 1 saturated carbocycles. The number of sulfone groups is 1. The molecule has 9 nitrogen and oxygen atoms in total. The fraction of sp³-hybridized carbons (Fsp3) is 0.762. The van der Waals surface area contributed by atoms with Crippen molar-refractivity contribution in [3.05, 3.63) is 17.0 Å². The van der Waals surface area contributed by atoms with Crippen LogP contribution in [0.25, 0.3) is 0 Å². The molecule has 31 heavy (non-hydrogen) atoms. The number of nitrogens with zero attached hydrogens (tertiary/aromatic N) is 4. The molecule has 1 aromatic heterocycles. The lowest BCUT2D eigenvalue weighted by Gasteiger charge is -2.33. The SMILES string of the molecule is Cc1nn(C2CCS(=O)(=O)C2)c(C)c1CN(C)CN1C(=O)NC2(CCC(C)CC2)C1=O. The van der Waals surface area contributed by atoms with E-state index in [0.29, 0.717) is 31.7 Å². The van der Waals surface area contributed by atoms with E-state index in [1.165, 1.54) is 4.90 Å². The first-order chi connectivity index (χ1) is 14.5. The molecule has 1 spiro atoms. The average Bonchev–Trinajstić information content (AvgIpc) is 3.27. The van der Waals surface area contributed by atoms with Crippen molar-refractivity contribution in [1.29, 1.82) is 0 Å². The maximum Gasteiger partial charge on any atom is 0.326 e. The molecule has 4 rings (SSSR count). The van der Waals surface area contributed by atoms with Crippen LogP contribution < -0.4 is 5.32 Å². The van der Waals surface area contributed by atoms with E-state index in [4.69, 9.17) is 0 Å². The Morgan fingerprint density at radius 1 is 1.19 bits per heavy atom. The minimum Gasteiger partial charge on any atom is -0.323 e. The summed E-state index contributed by atoms with van der Waals surface area (Å²) in [6.45, 7) is 6.80. The summed E-state index contributed by atoms with van der Waals surface area (Å²) in [6, 6.07) is -0.436. The number of urea groups is 1.